The quantitative estimate of drug-likeness (QED) is 0.370. The highest BCUT2D eigenvalue weighted by atomic mass is 35.5. The van der Waals surface area contributed by atoms with Crippen LogP contribution in [0.2, 0.25) is 5.02 Å². The van der Waals surface area contributed by atoms with Crippen molar-refractivity contribution in [1.82, 2.24) is 5.32 Å². The summed E-state index contributed by atoms with van der Waals surface area (Å²) in [5.74, 6) is -2.19. The number of ether oxygens (including phenoxy) is 1. The molecule has 1 aromatic carbocycles. The van der Waals surface area contributed by atoms with Gasteiger partial charge in [0.25, 0.3) is 0 Å². The van der Waals surface area contributed by atoms with E-state index in [4.69, 9.17) is 20.8 Å². The number of nitrogens with one attached hydrogen (secondary N) is 1. The number of carboxylic acids is 1. The molecule has 0 aromatic heterocycles. The average molecular weight is 458 g/mol. The van der Waals surface area contributed by atoms with Crippen LogP contribution < -0.4 is 5.32 Å². The van der Waals surface area contributed by atoms with Crippen molar-refractivity contribution in [2.75, 3.05) is 0 Å². The summed E-state index contributed by atoms with van der Waals surface area (Å²) in [6, 6.07) is 7.28. The van der Waals surface area contributed by atoms with Crippen LogP contribution in [0, 0.1) is 5.41 Å². The van der Waals surface area contributed by atoms with Crippen LogP contribution in [0.4, 0.5) is 0 Å². The lowest BCUT2D eigenvalue weighted by Crippen LogP contribution is -2.74. The predicted octanol–water partition coefficient (Wildman–Crippen LogP) is 3.43. The molecule has 0 fully saturated rings. The molecule has 0 aliphatic heterocycles. The molecule has 1 aromatic rings. The molecule has 0 heterocycles. The van der Waals surface area contributed by atoms with E-state index in [0.717, 1.165) is 5.56 Å². The smallest absolute Gasteiger partial charge is 0.338 e. The molecule has 0 spiro atoms. The normalized spacial score (nSPS) is 18.7. The van der Waals surface area contributed by atoms with Gasteiger partial charge in [-0.2, -0.15) is 0 Å². The Hall–Kier alpha value is -1.41. The number of halogens is 1. The predicted molar refractivity (Wildman–Crippen MR) is 123 cm³/mol. The van der Waals surface area contributed by atoms with Crippen LogP contribution in [-0.4, -0.2) is 44.2 Å². The first-order chi connectivity index (χ1) is 13.3. The molecule has 0 bridgehead atoms. The van der Waals surface area contributed by atoms with E-state index < -0.39 is 39.6 Å². The van der Waals surface area contributed by atoms with Crippen LogP contribution >= 0.6 is 11.6 Å². The van der Waals surface area contributed by atoms with E-state index in [1.807, 2.05) is 46.8 Å². The average Bonchev–Trinajstić information content (AvgIpc) is 2.57. The molecule has 3 atom stereocenters. The molecule has 30 heavy (non-hydrogen) atoms. The van der Waals surface area contributed by atoms with Crippen LogP contribution in [0.1, 0.15) is 67.9 Å². The van der Waals surface area contributed by atoms with Gasteiger partial charge in [0.15, 0.2) is 0 Å². The molecule has 0 aliphatic carbocycles. The molecule has 2 N–H and O–H groups in total. The van der Waals surface area contributed by atoms with Crippen LogP contribution in [0.5, 0.6) is 0 Å². The molecule has 0 radical (unpaired) electrons. The number of carbonyl (C=O) groups excluding carboxylic acids is 1. The fraction of sp³-hybridized carbons (Fsp3) is 0.636. The van der Waals surface area contributed by atoms with Gasteiger partial charge in [0.1, 0.15) is 16.1 Å². The summed E-state index contributed by atoms with van der Waals surface area (Å²) >= 11 is 6.25. The topological polar surface area (TPSA) is 84.9 Å². The minimum absolute atomic E-state index is 0.375. The Labute approximate surface area is 188 Å². The summed E-state index contributed by atoms with van der Waals surface area (Å²) in [7, 11) is 0.375. The van der Waals surface area contributed by atoms with Crippen molar-refractivity contribution in [3.8, 4) is 0 Å². The molecule has 2 unspecified atom stereocenters. The number of hydrogen-bond donors (Lipinski definition) is 2. The zero-order valence-corrected chi connectivity index (χ0v) is 22.5. The number of esters is 1. The summed E-state index contributed by atoms with van der Waals surface area (Å²) in [5, 5.41) is 13.8. The van der Waals surface area contributed by atoms with Gasteiger partial charge in [-0.1, -0.05) is 44.5 Å². The standard InChI is InChI=1S/C22H36ClNO5Si/c1-18(2,3)22(9,21(8,29-30)14-11-10-12-15(23)13-14)24-20(7,16(25)26)17(27)28-19(4,5)6/h10-13,24H,1-9,30H3,(H,25,26)/t20-,21?,22?/m0/s1. The number of hydrogen-bond acceptors (Lipinski definition) is 5. The van der Waals surface area contributed by atoms with Crippen LogP contribution in [-0.2, 0) is 24.4 Å². The van der Waals surface area contributed by atoms with E-state index in [0.29, 0.717) is 15.5 Å². The summed E-state index contributed by atoms with van der Waals surface area (Å²) in [6.45, 7) is 16.1. The van der Waals surface area contributed by atoms with Crippen molar-refractivity contribution in [1.29, 1.82) is 0 Å². The molecule has 6 nitrogen and oxygen atoms in total. The molecule has 8 heteroatoms. The van der Waals surface area contributed by atoms with Crippen LogP contribution in [0.15, 0.2) is 24.3 Å². The highest BCUT2D eigenvalue weighted by Gasteiger charge is 2.59. The van der Waals surface area contributed by atoms with Crippen molar-refractivity contribution < 1.29 is 23.9 Å². The maximum Gasteiger partial charge on any atom is 0.338 e. The molecule has 0 saturated carbocycles. The Bertz CT molecular complexity index is 803. The second kappa shape index (κ2) is 8.61. The molecule has 0 aliphatic rings. The summed E-state index contributed by atoms with van der Waals surface area (Å²) in [5.41, 5.74) is -4.59. The highest BCUT2D eigenvalue weighted by molar-refractivity contribution is 6.30. The maximum absolute atomic E-state index is 13.0. The van der Waals surface area contributed by atoms with E-state index in [2.05, 4.69) is 5.32 Å². The molecule has 1 rings (SSSR count). The van der Waals surface area contributed by atoms with Gasteiger partial charge in [0.2, 0.25) is 5.54 Å². The fourth-order valence-electron chi connectivity index (χ4n) is 3.49. The zero-order valence-electron chi connectivity index (χ0n) is 19.8. The Morgan fingerprint density at radius 3 is 1.93 bits per heavy atom. The monoisotopic (exact) mass is 457 g/mol. The fourth-order valence-corrected chi connectivity index (χ4v) is 4.32. The van der Waals surface area contributed by atoms with Crippen LogP contribution in [0.3, 0.4) is 0 Å². The molecular formula is C22H36ClNO5Si. The maximum atomic E-state index is 13.0. The number of aliphatic carboxylic acids is 1. The van der Waals surface area contributed by atoms with Crippen molar-refractivity contribution in [3.63, 3.8) is 0 Å². The Morgan fingerprint density at radius 1 is 1.03 bits per heavy atom. The van der Waals surface area contributed by atoms with Gasteiger partial charge in [0.05, 0.1) is 11.1 Å². The van der Waals surface area contributed by atoms with Crippen molar-refractivity contribution in [3.05, 3.63) is 34.9 Å². The van der Waals surface area contributed by atoms with E-state index in [1.54, 1.807) is 32.9 Å². The van der Waals surface area contributed by atoms with Gasteiger partial charge in [-0.3, -0.25) is 5.32 Å². The first-order valence-corrected chi connectivity index (χ1v) is 11.1. The number of carbonyl (C=O) groups is 2. The van der Waals surface area contributed by atoms with E-state index in [9.17, 15) is 14.7 Å². The third-order valence-electron chi connectivity index (χ3n) is 5.97. The van der Waals surface area contributed by atoms with Gasteiger partial charge < -0.3 is 14.3 Å². The summed E-state index contributed by atoms with van der Waals surface area (Å²) < 4.78 is 11.6. The van der Waals surface area contributed by atoms with Crippen molar-refractivity contribution in [2.45, 2.75) is 84.6 Å². The third-order valence-corrected chi connectivity index (χ3v) is 7.02. The largest absolute Gasteiger partial charge is 0.479 e. The molecule has 0 saturated heterocycles. The number of rotatable bonds is 7. The van der Waals surface area contributed by atoms with Crippen molar-refractivity contribution >= 4 is 34.0 Å². The minimum Gasteiger partial charge on any atom is -0.479 e. The Morgan fingerprint density at radius 2 is 1.57 bits per heavy atom. The van der Waals surface area contributed by atoms with Crippen molar-refractivity contribution in [2.24, 2.45) is 5.41 Å². The Balaban J connectivity index is 3.70. The van der Waals surface area contributed by atoms with Gasteiger partial charge in [0, 0.05) is 5.02 Å². The van der Waals surface area contributed by atoms with Crippen LogP contribution in [0.25, 0.3) is 0 Å². The van der Waals surface area contributed by atoms with E-state index in [-0.39, 0.29) is 0 Å². The zero-order chi connectivity index (χ0) is 23.8. The van der Waals surface area contributed by atoms with Gasteiger partial charge >= 0.3 is 11.9 Å². The lowest BCUT2D eigenvalue weighted by Gasteiger charge is -2.56. The van der Waals surface area contributed by atoms with Gasteiger partial charge in [-0.25, -0.2) is 9.59 Å². The van der Waals surface area contributed by atoms with Gasteiger partial charge in [-0.15, -0.1) is 0 Å². The van der Waals surface area contributed by atoms with E-state index in [1.165, 1.54) is 6.92 Å². The Kier molecular flexibility index (Phi) is 7.64. The third kappa shape index (κ3) is 5.07. The number of carboxylic acid groups (broad SMARTS) is 1. The first-order valence-electron chi connectivity index (χ1n) is 9.91. The number of benzene rings is 1. The lowest BCUT2D eigenvalue weighted by molar-refractivity contribution is -0.175. The minimum atomic E-state index is -2.00. The second-order valence-electron chi connectivity index (χ2n) is 10.2. The second-order valence-corrected chi connectivity index (χ2v) is 11.0. The molecule has 0 amide bonds. The van der Waals surface area contributed by atoms with E-state index >= 15 is 0 Å². The summed E-state index contributed by atoms with van der Waals surface area (Å²) in [4.78, 5) is 25.4. The summed E-state index contributed by atoms with van der Waals surface area (Å²) in [6.07, 6.45) is 0. The SMILES string of the molecule is CC(C)(C)OC(=O)[C@@](C)(NC(C)(C(C)(C)C)C(C)(O[SiH3])c1cccc(Cl)c1)C(=O)O. The molecular weight excluding hydrogens is 422 g/mol. The lowest BCUT2D eigenvalue weighted by atomic mass is 9.62. The van der Waals surface area contributed by atoms with Gasteiger partial charge in [-0.05, 0) is 64.7 Å². The highest BCUT2D eigenvalue weighted by Crippen LogP contribution is 2.48. The molecule has 170 valence electrons. The first kappa shape index (κ1) is 26.6.